The first-order valence-electron chi connectivity index (χ1n) is 22.0. The van der Waals surface area contributed by atoms with Gasteiger partial charge in [-0.3, -0.25) is 0 Å². The lowest BCUT2D eigenvalue weighted by molar-refractivity contribution is 0.863. The number of para-hydroxylation sites is 3. The van der Waals surface area contributed by atoms with Gasteiger partial charge in [-0.15, -0.1) is 0 Å². The van der Waals surface area contributed by atoms with Crippen LogP contribution in [0.1, 0.15) is 31.2 Å². The molecule has 0 N–H and O–H groups in total. The van der Waals surface area contributed by atoms with Crippen LogP contribution in [0, 0.1) is 0 Å². The van der Waals surface area contributed by atoms with Crippen molar-refractivity contribution in [2.24, 2.45) is 0 Å². The minimum absolute atomic E-state index is 0.920. The van der Waals surface area contributed by atoms with Crippen molar-refractivity contribution in [3.8, 4) is 22.3 Å². The Kier molecular flexibility index (Phi) is 11.2. The zero-order valence-electron chi connectivity index (χ0n) is 35.4. The number of nitrogens with zero attached hydrogens (tertiary/aromatic N) is 3. The smallest absolute Gasteiger partial charge is 0.0534 e. The molecule has 1 heterocycles. The summed E-state index contributed by atoms with van der Waals surface area (Å²) in [5.74, 6) is 0. The van der Waals surface area contributed by atoms with Crippen molar-refractivity contribution in [2.45, 2.75) is 25.7 Å². The lowest BCUT2D eigenvalue weighted by atomic mass is 9.90. The van der Waals surface area contributed by atoms with Crippen molar-refractivity contribution in [1.82, 2.24) is 0 Å². The van der Waals surface area contributed by atoms with E-state index in [-0.39, 0.29) is 0 Å². The largest absolute Gasteiger partial charge is 0.317 e. The van der Waals surface area contributed by atoms with Gasteiger partial charge in [-0.2, -0.15) is 0 Å². The fraction of sp³-hybridized carbons (Fsp3) is 0.0667. The maximum absolute atomic E-state index is 4.76. The molecule has 0 unspecified atom stereocenters. The van der Waals surface area contributed by atoms with Gasteiger partial charge in [0.1, 0.15) is 0 Å². The van der Waals surface area contributed by atoms with Gasteiger partial charge in [-0.1, -0.05) is 140 Å². The summed E-state index contributed by atoms with van der Waals surface area (Å²) in [6.45, 7) is 4.76. The highest BCUT2D eigenvalue weighted by molar-refractivity contribution is 5.90. The molecule has 1 aliphatic heterocycles. The van der Waals surface area contributed by atoms with E-state index in [1.807, 2.05) is 0 Å². The molecule has 0 radical (unpaired) electrons. The van der Waals surface area contributed by atoms with Gasteiger partial charge in [-0.25, -0.2) is 0 Å². The van der Waals surface area contributed by atoms with Crippen LogP contribution in [0.25, 0.3) is 27.8 Å². The number of rotatable bonds is 10. The van der Waals surface area contributed by atoms with Gasteiger partial charge in [0.05, 0.1) is 5.69 Å². The van der Waals surface area contributed by atoms with Gasteiger partial charge in [-0.05, 0) is 162 Å². The van der Waals surface area contributed by atoms with Crippen molar-refractivity contribution >= 4 is 39.7 Å². The molecule has 0 saturated carbocycles. The lowest BCUT2D eigenvalue weighted by Crippen LogP contribution is -2.23. The van der Waals surface area contributed by atoms with E-state index in [1.165, 1.54) is 39.4 Å². The molecule has 0 amide bonds. The van der Waals surface area contributed by atoms with E-state index >= 15 is 0 Å². The van der Waals surface area contributed by atoms with Crippen LogP contribution < -0.4 is 14.7 Å². The second-order valence-corrected chi connectivity index (χ2v) is 16.1. The Bertz CT molecular complexity index is 2880. The Morgan fingerprint density at radius 1 is 0.476 bits per heavy atom. The Morgan fingerprint density at radius 3 is 1.63 bits per heavy atom. The monoisotopic (exact) mass is 811 g/mol. The summed E-state index contributed by atoms with van der Waals surface area (Å²) in [6.07, 6.45) is 22.3. The van der Waals surface area contributed by atoms with E-state index in [4.69, 9.17) is 6.58 Å². The van der Waals surface area contributed by atoms with E-state index in [2.05, 4.69) is 251 Å². The third-order valence-corrected chi connectivity index (χ3v) is 12.1. The molecule has 3 heteroatoms. The summed E-state index contributed by atoms with van der Waals surface area (Å²) in [5, 5.41) is 0. The minimum Gasteiger partial charge on any atom is -0.317 e. The highest BCUT2D eigenvalue weighted by Crippen LogP contribution is 2.42. The second kappa shape index (κ2) is 18.0. The van der Waals surface area contributed by atoms with Crippen LogP contribution in [0.4, 0.5) is 34.1 Å². The number of allylic oxidation sites excluding steroid dienone is 11. The van der Waals surface area contributed by atoms with Crippen molar-refractivity contribution in [3.63, 3.8) is 0 Å². The molecule has 0 atom stereocenters. The topological polar surface area (TPSA) is 9.72 Å². The van der Waals surface area contributed by atoms with Gasteiger partial charge in [0.15, 0.2) is 0 Å². The minimum atomic E-state index is 0.920. The molecule has 7 aromatic carbocycles. The summed E-state index contributed by atoms with van der Waals surface area (Å²) in [5.41, 5.74) is 18.5. The van der Waals surface area contributed by atoms with E-state index < -0.39 is 0 Å². The maximum Gasteiger partial charge on any atom is 0.0534 e. The molecule has 7 aromatic rings. The highest BCUT2D eigenvalue weighted by Gasteiger charge is 2.22. The van der Waals surface area contributed by atoms with Crippen molar-refractivity contribution < 1.29 is 0 Å². The first-order chi connectivity index (χ1) is 31.2. The first kappa shape index (κ1) is 39.3. The normalized spacial score (nSPS) is 16.0. The average molecular weight is 812 g/mol. The molecule has 0 fully saturated rings. The van der Waals surface area contributed by atoms with Gasteiger partial charge >= 0.3 is 0 Å². The number of anilines is 6. The molecule has 3 nitrogen and oxygen atoms in total. The Hall–Kier alpha value is -7.88. The maximum atomic E-state index is 4.76. The third-order valence-electron chi connectivity index (χ3n) is 12.1. The second-order valence-electron chi connectivity index (χ2n) is 16.1. The van der Waals surface area contributed by atoms with Gasteiger partial charge in [0, 0.05) is 51.6 Å². The molecular formula is C60H49N3. The molecule has 0 bridgehead atoms. The summed E-state index contributed by atoms with van der Waals surface area (Å²) < 4.78 is 0. The van der Waals surface area contributed by atoms with Crippen molar-refractivity contribution in [2.75, 3.05) is 14.7 Å². The van der Waals surface area contributed by atoms with Crippen molar-refractivity contribution in [1.29, 1.82) is 0 Å². The lowest BCUT2D eigenvalue weighted by Gasteiger charge is -2.32. The van der Waals surface area contributed by atoms with Gasteiger partial charge in [0.2, 0.25) is 0 Å². The summed E-state index contributed by atoms with van der Waals surface area (Å²) in [6, 6.07) is 67.0. The van der Waals surface area contributed by atoms with Crippen LogP contribution in [0.5, 0.6) is 0 Å². The predicted octanol–water partition coefficient (Wildman–Crippen LogP) is 16.4. The van der Waals surface area contributed by atoms with E-state index in [0.717, 1.165) is 76.4 Å². The first-order valence-corrected chi connectivity index (χ1v) is 22.0. The summed E-state index contributed by atoms with van der Waals surface area (Å²) in [7, 11) is 0. The molecule has 0 saturated heterocycles. The number of hydrogen-bond acceptors (Lipinski definition) is 3. The van der Waals surface area contributed by atoms with Crippen LogP contribution in [0.2, 0.25) is 0 Å². The average Bonchev–Trinajstić information content (AvgIpc) is 3.36. The number of fused-ring (bicyclic) bond motifs is 1. The van der Waals surface area contributed by atoms with Crippen LogP contribution in [0.3, 0.4) is 0 Å². The predicted molar refractivity (Wildman–Crippen MR) is 268 cm³/mol. The van der Waals surface area contributed by atoms with Crippen LogP contribution in [-0.4, -0.2) is 0 Å². The Balaban J connectivity index is 1.02. The molecule has 0 aromatic heterocycles. The molecular weight excluding hydrogens is 763 g/mol. The van der Waals surface area contributed by atoms with Gasteiger partial charge < -0.3 is 14.7 Å². The van der Waals surface area contributed by atoms with Crippen LogP contribution in [0.15, 0.2) is 266 Å². The molecule has 304 valence electrons. The Morgan fingerprint density at radius 2 is 1.03 bits per heavy atom. The summed E-state index contributed by atoms with van der Waals surface area (Å²) in [4.78, 5) is 7.04. The SMILES string of the molecule is C=C1/C=C(C2=CC=C(N(C3=CCCC=C3)c3ccccc3)CC2)\C=C/N(c2ccc(-c3ccccc3)cc2)c2ccc(-c3ccc(N(c4ccccc4)c4ccccc4)cc3)cc21. The Labute approximate surface area is 372 Å². The zero-order chi connectivity index (χ0) is 42.4. The standard InChI is InChI=1S/C60H49N3/c1-45-43-51(49-31-38-58(39-32-49)63(55-23-13-5-14-24-55)56-25-15-6-16-26-56)41-42-61(52-34-27-47(28-35-52)46-17-7-2-8-18-46)60-40-33-50(44-59(45)60)48-29-36-57(37-30-48)62(53-19-9-3-10-20-53)54-21-11-4-12-22-54/h2-5,7-15,17-31,33-38,40-44H,1,6,16,32,39H2/b42-41-,51-43+. The van der Waals surface area contributed by atoms with E-state index in [9.17, 15) is 0 Å². The molecule has 63 heavy (non-hydrogen) atoms. The summed E-state index contributed by atoms with van der Waals surface area (Å²) >= 11 is 0. The number of hydrogen-bond donors (Lipinski definition) is 0. The molecule has 10 rings (SSSR count). The van der Waals surface area contributed by atoms with Crippen molar-refractivity contribution in [3.05, 3.63) is 271 Å². The highest BCUT2D eigenvalue weighted by atomic mass is 15.2. The number of benzene rings is 7. The van der Waals surface area contributed by atoms with E-state index in [1.54, 1.807) is 0 Å². The van der Waals surface area contributed by atoms with E-state index in [0.29, 0.717) is 0 Å². The van der Waals surface area contributed by atoms with Crippen LogP contribution in [-0.2, 0) is 0 Å². The van der Waals surface area contributed by atoms with Crippen LogP contribution >= 0.6 is 0 Å². The quantitative estimate of drug-likeness (QED) is 0.136. The third kappa shape index (κ3) is 8.42. The van der Waals surface area contributed by atoms with Gasteiger partial charge in [0.25, 0.3) is 0 Å². The molecule has 2 aliphatic carbocycles. The zero-order valence-corrected chi connectivity index (χ0v) is 35.4. The fourth-order valence-corrected chi connectivity index (χ4v) is 8.88. The molecule has 3 aliphatic rings. The fourth-order valence-electron chi connectivity index (χ4n) is 8.88. The molecule has 0 spiro atoms.